The van der Waals surface area contributed by atoms with E-state index >= 15 is 0 Å². The van der Waals surface area contributed by atoms with Gasteiger partial charge >= 0.3 is 0 Å². The van der Waals surface area contributed by atoms with Gasteiger partial charge in [0.1, 0.15) is 22.8 Å². The summed E-state index contributed by atoms with van der Waals surface area (Å²) in [5, 5.41) is 0.296. The fourth-order valence-electron chi connectivity index (χ4n) is 3.50. The van der Waals surface area contributed by atoms with E-state index < -0.39 is 11.6 Å². The molecule has 1 saturated heterocycles. The number of carbonyl (C=O) groups is 1. The van der Waals surface area contributed by atoms with E-state index in [1.165, 1.54) is 25.2 Å². The number of benzene rings is 2. The summed E-state index contributed by atoms with van der Waals surface area (Å²) in [6.45, 7) is 3.69. The van der Waals surface area contributed by atoms with Gasteiger partial charge in [-0.2, -0.15) is 0 Å². The number of hydrogen-bond donors (Lipinski definition) is 0. The highest BCUT2D eigenvalue weighted by atomic mass is 32.1. The van der Waals surface area contributed by atoms with Crippen molar-refractivity contribution in [2.45, 2.75) is 0 Å². The highest BCUT2D eigenvalue weighted by Gasteiger charge is 2.25. The third-order valence-electron chi connectivity index (χ3n) is 5.22. The second kappa shape index (κ2) is 9.76. The first-order chi connectivity index (χ1) is 15.5. The van der Waals surface area contributed by atoms with E-state index in [9.17, 15) is 13.6 Å². The second-order valence-electron chi connectivity index (χ2n) is 7.24. The molecule has 1 aliphatic heterocycles. The molecule has 0 radical (unpaired) electrons. The zero-order valence-corrected chi connectivity index (χ0v) is 18.6. The Morgan fingerprint density at radius 1 is 1.12 bits per heavy atom. The van der Waals surface area contributed by atoms with Crippen LogP contribution >= 0.6 is 11.3 Å². The monoisotopic (exact) mass is 463 g/mol. The lowest BCUT2D eigenvalue weighted by Crippen LogP contribution is -2.43. The van der Waals surface area contributed by atoms with Crippen LogP contribution in [0.4, 0.5) is 13.9 Å². The zero-order valence-electron chi connectivity index (χ0n) is 17.8. The highest BCUT2D eigenvalue weighted by Crippen LogP contribution is 2.33. The molecule has 1 aliphatic rings. The van der Waals surface area contributed by atoms with Crippen molar-refractivity contribution in [2.24, 2.45) is 0 Å². The summed E-state index contributed by atoms with van der Waals surface area (Å²) in [5.41, 5.74) is 0.382. The van der Waals surface area contributed by atoms with Crippen molar-refractivity contribution in [3.8, 4) is 11.5 Å². The van der Waals surface area contributed by atoms with Crippen LogP contribution in [0.25, 0.3) is 10.2 Å². The fraction of sp³-hybridized carbons (Fsp3) is 0.364. The van der Waals surface area contributed by atoms with Crippen molar-refractivity contribution in [2.75, 3.05) is 58.5 Å². The number of rotatable bonds is 7. The summed E-state index contributed by atoms with van der Waals surface area (Å²) in [4.78, 5) is 21.6. The summed E-state index contributed by atoms with van der Waals surface area (Å²) < 4.78 is 44.3. The molecule has 3 aromatic rings. The number of carbonyl (C=O) groups excluding carboxylic acids is 1. The average Bonchev–Trinajstić information content (AvgIpc) is 3.23. The lowest BCUT2D eigenvalue weighted by Gasteiger charge is -2.29. The quantitative estimate of drug-likeness (QED) is 0.534. The van der Waals surface area contributed by atoms with E-state index in [0.717, 1.165) is 30.5 Å². The number of nitrogens with zero attached hydrogens (tertiary/aromatic N) is 3. The second-order valence-corrected chi connectivity index (χ2v) is 8.25. The molecule has 1 amide bonds. The molecule has 0 saturated carbocycles. The van der Waals surface area contributed by atoms with Gasteiger partial charge in [-0.25, -0.2) is 13.8 Å². The van der Waals surface area contributed by atoms with Crippen molar-refractivity contribution < 1.29 is 27.8 Å². The number of morpholine rings is 1. The van der Waals surface area contributed by atoms with Gasteiger partial charge in [-0.05, 0) is 18.2 Å². The Hall–Kier alpha value is -2.82. The van der Waals surface area contributed by atoms with Crippen molar-refractivity contribution in [1.29, 1.82) is 0 Å². The van der Waals surface area contributed by atoms with Crippen molar-refractivity contribution in [3.63, 3.8) is 0 Å². The van der Waals surface area contributed by atoms with Gasteiger partial charge in [-0.1, -0.05) is 11.3 Å². The Balaban J connectivity index is 1.70. The smallest absolute Gasteiger partial charge is 0.260 e. The van der Waals surface area contributed by atoms with Crippen molar-refractivity contribution in [3.05, 3.63) is 47.5 Å². The first-order valence-corrected chi connectivity index (χ1v) is 10.9. The first-order valence-electron chi connectivity index (χ1n) is 10.1. The van der Waals surface area contributed by atoms with Crippen LogP contribution in [0, 0.1) is 11.6 Å². The number of ether oxygens (including phenoxy) is 3. The molecule has 0 N–H and O–H groups in total. The molecule has 7 nitrogen and oxygen atoms in total. The molecule has 2 aromatic carbocycles. The van der Waals surface area contributed by atoms with Crippen LogP contribution in [-0.2, 0) is 4.74 Å². The van der Waals surface area contributed by atoms with Crippen LogP contribution in [0.15, 0.2) is 30.3 Å². The summed E-state index contributed by atoms with van der Waals surface area (Å²) in [7, 11) is 3.01. The topological polar surface area (TPSA) is 64.1 Å². The van der Waals surface area contributed by atoms with Gasteiger partial charge in [0.05, 0.1) is 32.1 Å². The number of amides is 1. The molecule has 1 aromatic heterocycles. The molecule has 0 aliphatic carbocycles. The lowest BCUT2D eigenvalue weighted by molar-refractivity contribution is 0.0391. The van der Waals surface area contributed by atoms with Crippen LogP contribution in [0.1, 0.15) is 10.4 Å². The fourth-order valence-corrected chi connectivity index (χ4v) is 4.53. The Labute approximate surface area is 188 Å². The average molecular weight is 464 g/mol. The Bertz CT molecular complexity index is 1100. The van der Waals surface area contributed by atoms with Crippen LogP contribution < -0.4 is 14.4 Å². The molecule has 0 spiro atoms. The zero-order chi connectivity index (χ0) is 22.7. The molecule has 2 heterocycles. The molecular formula is C22H23F2N3O4S. The van der Waals surface area contributed by atoms with Crippen LogP contribution in [0.2, 0.25) is 0 Å². The molecule has 170 valence electrons. The molecule has 10 heteroatoms. The maximum Gasteiger partial charge on any atom is 0.260 e. The minimum Gasteiger partial charge on any atom is -0.497 e. The summed E-state index contributed by atoms with van der Waals surface area (Å²) in [6.07, 6.45) is 0. The van der Waals surface area contributed by atoms with Gasteiger partial charge in [0, 0.05) is 43.9 Å². The van der Waals surface area contributed by atoms with E-state index in [1.54, 1.807) is 18.2 Å². The number of thiazole rings is 1. The van der Waals surface area contributed by atoms with E-state index in [-0.39, 0.29) is 11.4 Å². The summed E-state index contributed by atoms with van der Waals surface area (Å²) in [5.74, 6) is -0.841. The maximum atomic E-state index is 14.3. The molecule has 0 atom stereocenters. The number of methoxy groups -OCH3 is 2. The summed E-state index contributed by atoms with van der Waals surface area (Å²) in [6, 6.07) is 6.91. The SMILES string of the molecule is COc1cc(OC)cc(C(=O)N(CCN2CCOCC2)c2nc3c(F)cc(F)cc3s2)c1. The lowest BCUT2D eigenvalue weighted by atomic mass is 10.1. The van der Waals surface area contributed by atoms with Crippen molar-refractivity contribution in [1.82, 2.24) is 9.88 Å². The van der Waals surface area contributed by atoms with Crippen LogP contribution in [0.3, 0.4) is 0 Å². The minimum absolute atomic E-state index is 0.0406. The molecular weight excluding hydrogens is 440 g/mol. The molecule has 4 rings (SSSR count). The maximum absolute atomic E-state index is 14.3. The number of hydrogen-bond acceptors (Lipinski definition) is 7. The van der Waals surface area contributed by atoms with Gasteiger partial charge in [0.25, 0.3) is 5.91 Å². The Morgan fingerprint density at radius 3 is 2.47 bits per heavy atom. The number of halogens is 2. The van der Waals surface area contributed by atoms with Gasteiger partial charge in [-0.3, -0.25) is 14.6 Å². The van der Waals surface area contributed by atoms with E-state index in [0.29, 0.717) is 53.2 Å². The Morgan fingerprint density at radius 2 is 1.81 bits per heavy atom. The number of fused-ring (bicyclic) bond motifs is 1. The van der Waals surface area contributed by atoms with E-state index in [1.807, 2.05) is 0 Å². The van der Waals surface area contributed by atoms with Crippen molar-refractivity contribution >= 4 is 32.6 Å². The molecule has 1 fully saturated rings. The van der Waals surface area contributed by atoms with Crippen LogP contribution in [0.5, 0.6) is 11.5 Å². The number of anilines is 1. The predicted octanol–water partition coefficient (Wildman–Crippen LogP) is 3.57. The first kappa shape index (κ1) is 22.4. The molecule has 0 bridgehead atoms. The molecule has 0 unspecified atom stereocenters. The highest BCUT2D eigenvalue weighted by molar-refractivity contribution is 7.22. The van der Waals surface area contributed by atoms with Gasteiger partial charge in [-0.15, -0.1) is 0 Å². The summed E-state index contributed by atoms with van der Waals surface area (Å²) >= 11 is 1.07. The normalized spacial score (nSPS) is 14.5. The van der Waals surface area contributed by atoms with Gasteiger partial charge in [0.15, 0.2) is 10.9 Å². The predicted molar refractivity (Wildman–Crippen MR) is 118 cm³/mol. The third kappa shape index (κ3) is 4.82. The minimum atomic E-state index is -0.758. The third-order valence-corrected chi connectivity index (χ3v) is 6.25. The molecule has 32 heavy (non-hydrogen) atoms. The number of aromatic nitrogens is 1. The van der Waals surface area contributed by atoms with Crippen LogP contribution in [-0.4, -0.2) is 69.4 Å². The van der Waals surface area contributed by atoms with Gasteiger partial charge in [0.2, 0.25) is 0 Å². The van der Waals surface area contributed by atoms with Gasteiger partial charge < -0.3 is 14.2 Å². The van der Waals surface area contributed by atoms with E-state index in [2.05, 4.69) is 9.88 Å². The van der Waals surface area contributed by atoms with E-state index in [4.69, 9.17) is 14.2 Å². The largest absolute Gasteiger partial charge is 0.497 e. The standard InChI is InChI=1S/C22H23F2N3O4S/c1-29-16-9-14(10-17(13-16)30-2)21(28)27(4-3-26-5-7-31-8-6-26)22-25-20-18(24)11-15(23)12-19(20)32-22/h9-13H,3-8H2,1-2H3. The Kier molecular flexibility index (Phi) is 6.83.